The molecule has 0 aromatic heterocycles. The van der Waals surface area contributed by atoms with Gasteiger partial charge in [0.15, 0.2) is 0 Å². The number of hydrogen-bond donors (Lipinski definition) is 1. The van der Waals surface area contributed by atoms with E-state index in [-0.39, 0.29) is 24.7 Å². The van der Waals surface area contributed by atoms with Crippen molar-refractivity contribution < 1.29 is 19.4 Å². The summed E-state index contributed by atoms with van der Waals surface area (Å²) < 4.78 is 12.2. The number of aliphatic hydroxyl groups is 1. The van der Waals surface area contributed by atoms with Gasteiger partial charge in [0, 0.05) is 31.7 Å². The first-order valence-corrected chi connectivity index (χ1v) is 8.73. The van der Waals surface area contributed by atoms with Gasteiger partial charge in [-0.1, -0.05) is 0 Å². The molecule has 0 aliphatic carbocycles. The van der Waals surface area contributed by atoms with Crippen molar-refractivity contribution in [1.82, 2.24) is 4.90 Å². The van der Waals surface area contributed by atoms with Crippen LogP contribution < -0.4 is 4.74 Å². The lowest BCUT2D eigenvalue weighted by molar-refractivity contribution is -0.149. The van der Waals surface area contributed by atoms with Crippen molar-refractivity contribution in [2.45, 2.75) is 50.9 Å². The molecule has 25 heavy (non-hydrogen) atoms. The fourth-order valence-electron chi connectivity index (χ4n) is 3.69. The SMILES string of the molecule is CC1(C)Oc2ccc(C#N)cc2[C@@H](N2CCCC2=O)[C@@H]1OCCCO. The summed E-state index contributed by atoms with van der Waals surface area (Å²) in [5.74, 6) is 0.794. The summed E-state index contributed by atoms with van der Waals surface area (Å²) in [7, 11) is 0. The molecule has 0 unspecified atom stereocenters. The molecule has 2 aliphatic heterocycles. The van der Waals surface area contributed by atoms with Crippen molar-refractivity contribution >= 4 is 5.91 Å². The molecule has 6 heteroatoms. The van der Waals surface area contributed by atoms with Gasteiger partial charge < -0.3 is 19.5 Å². The first kappa shape index (κ1) is 17.7. The molecule has 2 aliphatic rings. The smallest absolute Gasteiger partial charge is 0.223 e. The molecule has 6 nitrogen and oxygen atoms in total. The van der Waals surface area contributed by atoms with Crippen LogP contribution >= 0.6 is 0 Å². The van der Waals surface area contributed by atoms with Crippen molar-refractivity contribution in [3.8, 4) is 11.8 Å². The van der Waals surface area contributed by atoms with Gasteiger partial charge in [0.2, 0.25) is 5.91 Å². The molecule has 1 fully saturated rings. The van der Waals surface area contributed by atoms with Crippen molar-refractivity contribution in [3.05, 3.63) is 29.3 Å². The zero-order chi connectivity index (χ0) is 18.0. The highest BCUT2D eigenvalue weighted by Crippen LogP contribution is 2.45. The predicted molar refractivity (Wildman–Crippen MR) is 91.0 cm³/mol. The van der Waals surface area contributed by atoms with Gasteiger partial charge in [0.25, 0.3) is 0 Å². The van der Waals surface area contributed by atoms with E-state index in [2.05, 4.69) is 6.07 Å². The molecule has 2 heterocycles. The van der Waals surface area contributed by atoms with Crippen molar-refractivity contribution in [1.29, 1.82) is 5.26 Å². The number of likely N-dealkylation sites (tertiary alicyclic amines) is 1. The van der Waals surface area contributed by atoms with Crippen LogP contribution in [0.1, 0.15) is 50.3 Å². The van der Waals surface area contributed by atoms with Crippen molar-refractivity contribution in [3.63, 3.8) is 0 Å². The second-order valence-corrected chi connectivity index (χ2v) is 7.07. The maximum atomic E-state index is 12.4. The number of carbonyl (C=O) groups excluding carboxylic acids is 1. The van der Waals surface area contributed by atoms with E-state index in [9.17, 15) is 10.1 Å². The summed E-state index contributed by atoms with van der Waals surface area (Å²) in [6.07, 6.45) is 1.52. The lowest BCUT2D eigenvalue weighted by Crippen LogP contribution is -2.55. The largest absolute Gasteiger partial charge is 0.485 e. The number of hydrogen-bond acceptors (Lipinski definition) is 5. The van der Waals surface area contributed by atoms with Gasteiger partial charge in [0.1, 0.15) is 17.5 Å². The molecular weight excluding hydrogens is 320 g/mol. The highest BCUT2D eigenvalue weighted by Gasteiger charge is 2.49. The van der Waals surface area contributed by atoms with Gasteiger partial charge in [-0.15, -0.1) is 0 Å². The highest BCUT2D eigenvalue weighted by atomic mass is 16.6. The summed E-state index contributed by atoms with van der Waals surface area (Å²) >= 11 is 0. The molecule has 0 spiro atoms. The topological polar surface area (TPSA) is 82.8 Å². The Morgan fingerprint density at radius 3 is 2.92 bits per heavy atom. The summed E-state index contributed by atoms with van der Waals surface area (Å²) in [6.45, 7) is 5.02. The number of fused-ring (bicyclic) bond motifs is 1. The summed E-state index contributed by atoms with van der Waals surface area (Å²) in [4.78, 5) is 14.3. The lowest BCUT2D eigenvalue weighted by Gasteiger charge is -2.47. The molecule has 1 aromatic carbocycles. The molecule has 3 rings (SSSR count). The Morgan fingerprint density at radius 1 is 1.48 bits per heavy atom. The normalized spacial score (nSPS) is 24.6. The molecule has 2 atom stereocenters. The monoisotopic (exact) mass is 344 g/mol. The van der Waals surface area contributed by atoms with E-state index in [1.54, 1.807) is 18.2 Å². The van der Waals surface area contributed by atoms with Crippen LogP contribution in [0.3, 0.4) is 0 Å². The fourth-order valence-corrected chi connectivity index (χ4v) is 3.69. The van der Waals surface area contributed by atoms with Gasteiger partial charge in [0.05, 0.1) is 17.7 Å². The Balaban J connectivity index is 2.04. The Bertz CT molecular complexity index is 695. The summed E-state index contributed by atoms with van der Waals surface area (Å²) in [6, 6.07) is 7.18. The number of carbonyl (C=O) groups is 1. The minimum atomic E-state index is -0.635. The molecule has 0 radical (unpaired) electrons. The molecule has 134 valence electrons. The number of ether oxygens (including phenoxy) is 2. The number of amides is 1. The zero-order valence-corrected chi connectivity index (χ0v) is 14.7. The van der Waals surface area contributed by atoms with Crippen LogP contribution in [-0.2, 0) is 9.53 Å². The predicted octanol–water partition coefficient (Wildman–Crippen LogP) is 2.16. The van der Waals surface area contributed by atoms with Gasteiger partial charge in [-0.3, -0.25) is 4.79 Å². The highest BCUT2D eigenvalue weighted by molar-refractivity contribution is 5.79. The van der Waals surface area contributed by atoms with E-state index in [0.717, 1.165) is 12.0 Å². The third-order valence-electron chi connectivity index (χ3n) is 4.85. The molecule has 1 saturated heterocycles. The second-order valence-electron chi connectivity index (χ2n) is 7.07. The van der Waals surface area contributed by atoms with Crippen LogP contribution in [0.25, 0.3) is 0 Å². The Labute approximate surface area is 147 Å². The second kappa shape index (κ2) is 7.03. The van der Waals surface area contributed by atoms with Gasteiger partial charge >= 0.3 is 0 Å². The third-order valence-corrected chi connectivity index (χ3v) is 4.85. The van der Waals surface area contributed by atoms with E-state index < -0.39 is 5.60 Å². The molecule has 0 saturated carbocycles. The van der Waals surface area contributed by atoms with E-state index >= 15 is 0 Å². The standard InChI is InChI=1S/C19H24N2O4/c1-19(2)18(24-10-4-9-22)17(21-8-3-5-16(21)23)14-11-13(12-20)6-7-15(14)25-19/h6-7,11,17-18,22H,3-5,8-10H2,1-2H3/t17-,18+/m1/s1. The van der Waals surface area contributed by atoms with Crippen LogP contribution in [0, 0.1) is 11.3 Å². The van der Waals surface area contributed by atoms with Crippen LogP contribution in [0.4, 0.5) is 0 Å². The van der Waals surface area contributed by atoms with Crippen LogP contribution in [0.2, 0.25) is 0 Å². The number of nitriles is 1. The number of nitrogens with zero attached hydrogens (tertiary/aromatic N) is 2. The maximum Gasteiger partial charge on any atom is 0.223 e. The van der Waals surface area contributed by atoms with Gasteiger partial charge in [-0.05, 0) is 44.9 Å². The summed E-state index contributed by atoms with van der Waals surface area (Å²) in [5.41, 5.74) is 0.722. The molecule has 1 aromatic rings. The molecular formula is C19H24N2O4. The van der Waals surface area contributed by atoms with Crippen molar-refractivity contribution in [2.24, 2.45) is 0 Å². The lowest BCUT2D eigenvalue weighted by atomic mass is 9.84. The van der Waals surface area contributed by atoms with Gasteiger partial charge in [-0.25, -0.2) is 0 Å². The van der Waals surface area contributed by atoms with E-state index in [4.69, 9.17) is 14.6 Å². The molecule has 1 N–H and O–H groups in total. The average molecular weight is 344 g/mol. The molecule has 0 bridgehead atoms. The first-order valence-electron chi connectivity index (χ1n) is 8.73. The first-order chi connectivity index (χ1) is 12.0. The van der Waals surface area contributed by atoms with E-state index in [0.29, 0.717) is 37.3 Å². The van der Waals surface area contributed by atoms with Crippen LogP contribution in [0.5, 0.6) is 5.75 Å². The maximum absolute atomic E-state index is 12.4. The quantitative estimate of drug-likeness (QED) is 0.828. The van der Waals surface area contributed by atoms with E-state index in [1.165, 1.54) is 0 Å². The van der Waals surface area contributed by atoms with Crippen LogP contribution in [0.15, 0.2) is 18.2 Å². The van der Waals surface area contributed by atoms with Crippen molar-refractivity contribution in [2.75, 3.05) is 19.8 Å². The average Bonchev–Trinajstić information content (AvgIpc) is 3.00. The number of benzene rings is 1. The number of rotatable bonds is 5. The number of aliphatic hydroxyl groups excluding tert-OH is 1. The van der Waals surface area contributed by atoms with Gasteiger partial charge in [-0.2, -0.15) is 5.26 Å². The minimum absolute atomic E-state index is 0.0521. The Hall–Kier alpha value is -2.10. The fraction of sp³-hybridized carbons (Fsp3) is 0.579. The third kappa shape index (κ3) is 3.35. The van der Waals surface area contributed by atoms with Crippen LogP contribution in [-0.4, -0.2) is 47.4 Å². The minimum Gasteiger partial charge on any atom is -0.485 e. The van der Waals surface area contributed by atoms with E-state index in [1.807, 2.05) is 18.7 Å². The zero-order valence-electron chi connectivity index (χ0n) is 14.7. The Morgan fingerprint density at radius 2 is 2.28 bits per heavy atom. The molecule has 1 amide bonds. The Kier molecular flexibility index (Phi) is 4.98. The summed E-state index contributed by atoms with van der Waals surface area (Å²) in [5, 5.41) is 18.3.